The lowest BCUT2D eigenvalue weighted by molar-refractivity contribution is -0.121. The average Bonchev–Trinajstić information content (AvgIpc) is 2.93. The molecule has 0 saturated heterocycles. The van der Waals surface area contributed by atoms with Gasteiger partial charge in [0, 0.05) is 31.4 Å². The Hall–Kier alpha value is -1.85. The van der Waals surface area contributed by atoms with Crippen LogP contribution in [0.25, 0.3) is 0 Å². The highest BCUT2D eigenvalue weighted by Gasteiger charge is 2.10. The van der Waals surface area contributed by atoms with Crippen LogP contribution in [0.5, 0.6) is 0 Å². The van der Waals surface area contributed by atoms with Crippen molar-refractivity contribution in [2.24, 2.45) is 5.73 Å². The molecule has 1 heterocycles. The Morgan fingerprint density at radius 1 is 1.30 bits per heavy atom. The molecule has 20 heavy (non-hydrogen) atoms. The number of aromatic nitrogens is 2. The summed E-state index contributed by atoms with van der Waals surface area (Å²) in [5.74, 6) is -0.0384. The van der Waals surface area contributed by atoms with Crippen LogP contribution in [0.3, 0.4) is 0 Å². The number of nitrogens with zero attached hydrogens (tertiary/aromatic N) is 2. The molecule has 1 aromatic heterocycles. The number of rotatable bonds is 6. The molecule has 5 nitrogen and oxygen atoms in total. The maximum absolute atomic E-state index is 11.7. The number of nitrogens with two attached hydrogens (primary N) is 1. The molecule has 0 radical (unpaired) electrons. The molecule has 0 bridgehead atoms. The minimum Gasteiger partial charge on any atom is -0.354 e. The Morgan fingerprint density at radius 2 is 2.05 bits per heavy atom. The monoisotopic (exact) mass is 294 g/mol. The van der Waals surface area contributed by atoms with E-state index in [1.165, 1.54) is 0 Å². The van der Waals surface area contributed by atoms with E-state index in [1.807, 2.05) is 42.6 Å². The predicted octanol–water partition coefficient (Wildman–Crippen LogP) is 1.51. The Bertz CT molecular complexity index is 501. The van der Waals surface area contributed by atoms with Crippen molar-refractivity contribution in [3.8, 4) is 0 Å². The standard InChI is InChI=1S/C14H18N4O.ClH/c15-13(12-5-2-1-3-6-12)11-14(19)16-8-10-18-9-4-7-17-18;/h1-7,9,13H,8,10-11,15H2,(H,16,19);1H. The lowest BCUT2D eigenvalue weighted by atomic mass is 10.0. The molecule has 0 aliphatic heterocycles. The molecule has 2 aromatic rings. The molecular weight excluding hydrogens is 276 g/mol. The van der Waals surface area contributed by atoms with Gasteiger partial charge >= 0.3 is 0 Å². The number of nitrogens with one attached hydrogen (secondary N) is 1. The third-order valence-corrected chi connectivity index (χ3v) is 2.86. The van der Waals surface area contributed by atoms with Crippen LogP contribution in [0.1, 0.15) is 18.0 Å². The van der Waals surface area contributed by atoms with Gasteiger partial charge in [-0.1, -0.05) is 30.3 Å². The van der Waals surface area contributed by atoms with Gasteiger partial charge in [0.2, 0.25) is 5.91 Å². The van der Waals surface area contributed by atoms with Crippen molar-refractivity contribution in [1.29, 1.82) is 0 Å². The summed E-state index contributed by atoms with van der Waals surface area (Å²) in [4.78, 5) is 11.7. The van der Waals surface area contributed by atoms with Crippen LogP contribution in [0.4, 0.5) is 0 Å². The second-order valence-electron chi connectivity index (χ2n) is 4.34. The van der Waals surface area contributed by atoms with Crippen LogP contribution in [0.15, 0.2) is 48.8 Å². The fourth-order valence-corrected chi connectivity index (χ4v) is 1.83. The Balaban J connectivity index is 0.00000200. The molecule has 0 aliphatic carbocycles. The first kappa shape index (κ1) is 16.2. The number of carbonyl (C=O) groups excluding carboxylic acids is 1. The first-order valence-electron chi connectivity index (χ1n) is 6.30. The van der Waals surface area contributed by atoms with Gasteiger partial charge in [-0.15, -0.1) is 12.4 Å². The molecule has 0 fully saturated rings. The minimum atomic E-state index is -0.258. The molecule has 0 saturated carbocycles. The van der Waals surface area contributed by atoms with Gasteiger partial charge in [-0.05, 0) is 11.6 Å². The number of halogens is 1. The summed E-state index contributed by atoms with van der Waals surface area (Å²) < 4.78 is 1.78. The van der Waals surface area contributed by atoms with Crippen LogP contribution >= 0.6 is 12.4 Å². The molecule has 0 aliphatic rings. The number of benzene rings is 1. The van der Waals surface area contributed by atoms with Gasteiger partial charge in [0.25, 0.3) is 0 Å². The van der Waals surface area contributed by atoms with Crippen molar-refractivity contribution in [3.63, 3.8) is 0 Å². The number of hydrogen-bond donors (Lipinski definition) is 2. The van der Waals surface area contributed by atoms with Crippen LogP contribution in [-0.2, 0) is 11.3 Å². The third-order valence-electron chi connectivity index (χ3n) is 2.86. The van der Waals surface area contributed by atoms with E-state index < -0.39 is 0 Å². The van der Waals surface area contributed by atoms with Gasteiger partial charge in [0.1, 0.15) is 0 Å². The van der Waals surface area contributed by atoms with Gasteiger partial charge in [0.15, 0.2) is 0 Å². The quantitative estimate of drug-likeness (QED) is 0.848. The van der Waals surface area contributed by atoms with Gasteiger partial charge in [-0.25, -0.2) is 0 Å². The lowest BCUT2D eigenvalue weighted by Gasteiger charge is -2.12. The van der Waals surface area contributed by atoms with Crippen molar-refractivity contribution in [1.82, 2.24) is 15.1 Å². The molecule has 2 rings (SSSR count). The van der Waals surface area contributed by atoms with E-state index in [2.05, 4.69) is 10.4 Å². The first-order valence-corrected chi connectivity index (χ1v) is 6.30. The SMILES string of the molecule is Cl.NC(CC(=O)NCCn1cccn1)c1ccccc1. The Kier molecular flexibility index (Phi) is 6.76. The summed E-state index contributed by atoms with van der Waals surface area (Å²) in [5, 5.41) is 6.90. The molecular formula is C14H19ClN4O. The molecule has 1 atom stereocenters. The number of hydrogen-bond acceptors (Lipinski definition) is 3. The highest BCUT2D eigenvalue weighted by molar-refractivity contribution is 5.85. The summed E-state index contributed by atoms with van der Waals surface area (Å²) in [6.07, 6.45) is 3.87. The van der Waals surface area contributed by atoms with Gasteiger partial charge in [0.05, 0.1) is 6.54 Å². The first-order chi connectivity index (χ1) is 9.25. The van der Waals surface area contributed by atoms with Crippen LogP contribution in [-0.4, -0.2) is 22.2 Å². The van der Waals surface area contributed by atoms with E-state index in [0.717, 1.165) is 5.56 Å². The molecule has 3 N–H and O–H groups in total. The van der Waals surface area contributed by atoms with Crippen molar-refractivity contribution >= 4 is 18.3 Å². The molecule has 6 heteroatoms. The van der Waals surface area contributed by atoms with Crippen LogP contribution in [0, 0.1) is 0 Å². The van der Waals surface area contributed by atoms with E-state index in [-0.39, 0.29) is 24.4 Å². The molecule has 108 valence electrons. The fourth-order valence-electron chi connectivity index (χ4n) is 1.83. The minimum absolute atomic E-state index is 0. The summed E-state index contributed by atoms with van der Waals surface area (Å²) >= 11 is 0. The van der Waals surface area contributed by atoms with E-state index in [1.54, 1.807) is 10.9 Å². The van der Waals surface area contributed by atoms with Crippen molar-refractivity contribution in [2.75, 3.05) is 6.54 Å². The second kappa shape index (κ2) is 8.35. The van der Waals surface area contributed by atoms with Crippen LogP contribution in [0.2, 0.25) is 0 Å². The van der Waals surface area contributed by atoms with Gasteiger partial charge in [-0.2, -0.15) is 5.10 Å². The second-order valence-corrected chi connectivity index (χ2v) is 4.34. The predicted molar refractivity (Wildman–Crippen MR) is 80.5 cm³/mol. The zero-order valence-corrected chi connectivity index (χ0v) is 11.9. The number of carbonyl (C=O) groups is 1. The normalized spacial score (nSPS) is 11.4. The van der Waals surface area contributed by atoms with E-state index >= 15 is 0 Å². The number of amides is 1. The van der Waals surface area contributed by atoms with E-state index in [0.29, 0.717) is 19.5 Å². The Morgan fingerprint density at radius 3 is 2.70 bits per heavy atom. The molecule has 1 amide bonds. The summed E-state index contributed by atoms with van der Waals surface area (Å²) in [6, 6.07) is 11.2. The maximum Gasteiger partial charge on any atom is 0.221 e. The van der Waals surface area contributed by atoms with E-state index in [4.69, 9.17) is 5.73 Å². The van der Waals surface area contributed by atoms with Crippen LogP contribution < -0.4 is 11.1 Å². The van der Waals surface area contributed by atoms with Gasteiger partial charge < -0.3 is 11.1 Å². The highest BCUT2D eigenvalue weighted by atomic mass is 35.5. The summed E-state index contributed by atoms with van der Waals surface area (Å²) in [6.45, 7) is 1.22. The fraction of sp³-hybridized carbons (Fsp3) is 0.286. The smallest absolute Gasteiger partial charge is 0.221 e. The zero-order valence-electron chi connectivity index (χ0n) is 11.1. The zero-order chi connectivity index (χ0) is 13.5. The van der Waals surface area contributed by atoms with Gasteiger partial charge in [-0.3, -0.25) is 9.48 Å². The molecule has 1 unspecified atom stereocenters. The lowest BCUT2D eigenvalue weighted by Crippen LogP contribution is -2.30. The van der Waals surface area contributed by atoms with Crippen molar-refractivity contribution in [3.05, 3.63) is 54.4 Å². The highest BCUT2D eigenvalue weighted by Crippen LogP contribution is 2.12. The third kappa shape index (κ3) is 5.03. The maximum atomic E-state index is 11.7. The molecule has 0 spiro atoms. The largest absolute Gasteiger partial charge is 0.354 e. The topological polar surface area (TPSA) is 72.9 Å². The average molecular weight is 295 g/mol. The van der Waals surface area contributed by atoms with Crippen molar-refractivity contribution in [2.45, 2.75) is 19.0 Å². The van der Waals surface area contributed by atoms with Crippen molar-refractivity contribution < 1.29 is 4.79 Å². The van der Waals surface area contributed by atoms with E-state index in [9.17, 15) is 4.79 Å². The Labute approximate surface area is 124 Å². The summed E-state index contributed by atoms with van der Waals surface area (Å²) in [5.41, 5.74) is 6.96. The summed E-state index contributed by atoms with van der Waals surface area (Å²) in [7, 11) is 0. The molecule has 1 aromatic carbocycles.